The van der Waals surface area contributed by atoms with Gasteiger partial charge in [-0.25, -0.2) is 4.98 Å². The first-order valence-corrected chi connectivity index (χ1v) is 5.39. The SMILES string of the molecule is N#Cc1ncn(-c2ccc(N)cc2Br)c1C#N. The van der Waals surface area contributed by atoms with Crippen molar-refractivity contribution in [1.29, 1.82) is 10.5 Å². The number of hydrogen-bond acceptors (Lipinski definition) is 4. The monoisotopic (exact) mass is 287 g/mol. The van der Waals surface area contributed by atoms with Gasteiger partial charge in [-0.3, -0.25) is 4.57 Å². The third-order valence-corrected chi connectivity index (χ3v) is 2.85. The average molecular weight is 288 g/mol. The molecule has 17 heavy (non-hydrogen) atoms. The molecule has 0 spiro atoms. The predicted octanol–water partition coefficient (Wildman–Crippen LogP) is 1.96. The quantitative estimate of drug-likeness (QED) is 0.812. The van der Waals surface area contributed by atoms with E-state index in [0.717, 1.165) is 4.47 Å². The maximum atomic E-state index is 9.02. The molecule has 2 N–H and O–H groups in total. The fraction of sp³-hybridized carbons (Fsp3) is 0. The van der Waals surface area contributed by atoms with Crippen molar-refractivity contribution in [2.24, 2.45) is 0 Å². The van der Waals surface area contributed by atoms with Crippen molar-refractivity contribution >= 4 is 21.6 Å². The zero-order valence-corrected chi connectivity index (χ0v) is 10.1. The minimum Gasteiger partial charge on any atom is -0.399 e. The topological polar surface area (TPSA) is 91.4 Å². The van der Waals surface area contributed by atoms with Crippen molar-refractivity contribution < 1.29 is 0 Å². The van der Waals surface area contributed by atoms with Gasteiger partial charge in [-0.2, -0.15) is 10.5 Å². The van der Waals surface area contributed by atoms with Gasteiger partial charge in [0.05, 0.1) is 5.69 Å². The molecule has 5 nitrogen and oxygen atoms in total. The zero-order chi connectivity index (χ0) is 12.4. The van der Waals surface area contributed by atoms with E-state index in [1.54, 1.807) is 22.8 Å². The molecule has 0 bridgehead atoms. The number of nitriles is 2. The molecule has 82 valence electrons. The summed E-state index contributed by atoms with van der Waals surface area (Å²) < 4.78 is 2.28. The first kappa shape index (κ1) is 11.2. The van der Waals surface area contributed by atoms with E-state index in [1.807, 2.05) is 12.1 Å². The number of hydrogen-bond donors (Lipinski definition) is 1. The molecule has 1 heterocycles. The first-order chi connectivity index (χ1) is 8.17. The van der Waals surface area contributed by atoms with Gasteiger partial charge in [0.15, 0.2) is 11.4 Å². The number of nitrogens with two attached hydrogens (primary N) is 1. The molecule has 1 aromatic carbocycles. The summed E-state index contributed by atoms with van der Waals surface area (Å²) in [6, 6.07) is 9.03. The van der Waals surface area contributed by atoms with Crippen LogP contribution in [0.1, 0.15) is 11.4 Å². The summed E-state index contributed by atoms with van der Waals surface area (Å²) in [5.41, 5.74) is 7.27. The highest BCUT2D eigenvalue weighted by Gasteiger charge is 2.13. The van der Waals surface area contributed by atoms with Gasteiger partial charge < -0.3 is 5.73 Å². The van der Waals surface area contributed by atoms with Crippen LogP contribution in [0.5, 0.6) is 0 Å². The van der Waals surface area contributed by atoms with Crippen LogP contribution in [0.15, 0.2) is 29.0 Å². The number of nitrogens with zero attached hydrogens (tertiary/aromatic N) is 4. The van der Waals surface area contributed by atoms with Crippen molar-refractivity contribution in [1.82, 2.24) is 9.55 Å². The number of halogens is 1. The van der Waals surface area contributed by atoms with Crippen molar-refractivity contribution in [3.63, 3.8) is 0 Å². The lowest BCUT2D eigenvalue weighted by Crippen LogP contribution is -1.98. The van der Waals surface area contributed by atoms with Crippen LogP contribution in [0.4, 0.5) is 5.69 Å². The predicted molar refractivity (Wildman–Crippen MR) is 65.1 cm³/mol. The van der Waals surface area contributed by atoms with Gasteiger partial charge in [0.1, 0.15) is 18.5 Å². The molecule has 0 unspecified atom stereocenters. The van der Waals surface area contributed by atoms with Crippen molar-refractivity contribution in [3.8, 4) is 17.8 Å². The Hall–Kier alpha value is -2.31. The van der Waals surface area contributed by atoms with E-state index < -0.39 is 0 Å². The molecule has 0 amide bonds. The first-order valence-electron chi connectivity index (χ1n) is 4.60. The number of anilines is 1. The Morgan fingerprint density at radius 2 is 2.06 bits per heavy atom. The lowest BCUT2D eigenvalue weighted by atomic mass is 10.2. The lowest BCUT2D eigenvalue weighted by Gasteiger charge is -2.07. The van der Waals surface area contributed by atoms with Gasteiger partial charge in [-0.1, -0.05) is 0 Å². The van der Waals surface area contributed by atoms with E-state index in [-0.39, 0.29) is 11.4 Å². The number of imidazole rings is 1. The average Bonchev–Trinajstić information content (AvgIpc) is 2.71. The lowest BCUT2D eigenvalue weighted by molar-refractivity contribution is 1.03. The highest BCUT2D eigenvalue weighted by molar-refractivity contribution is 9.10. The number of benzene rings is 1. The highest BCUT2D eigenvalue weighted by atomic mass is 79.9. The van der Waals surface area contributed by atoms with Gasteiger partial charge in [-0.05, 0) is 34.1 Å². The maximum absolute atomic E-state index is 9.02. The standard InChI is InChI=1S/C11H6BrN5/c12-8-3-7(15)1-2-10(8)17-6-16-9(4-13)11(17)5-14/h1-3,6H,15H2. The Morgan fingerprint density at radius 3 is 2.65 bits per heavy atom. The summed E-state index contributed by atoms with van der Waals surface area (Å²) in [5, 5.41) is 17.8. The number of nitrogen functional groups attached to an aromatic ring is 1. The van der Waals surface area contributed by atoms with Gasteiger partial charge in [-0.15, -0.1) is 0 Å². The molecule has 0 radical (unpaired) electrons. The fourth-order valence-electron chi connectivity index (χ4n) is 1.44. The number of aromatic nitrogens is 2. The smallest absolute Gasteiger partial charge is 0.177 e. The second-order valence-electron chi connectivity index (χ2n) is 3.25. The highest BCUT2D eigenvalue weighted by Crippen LogP contribution is 2.25. The molecule has 0 aliphatic carbocycles. The van der Waals surface area contributed by atoms with Crippen molar-refractivity contribution in [2.45, 2.75) is 0 Å². The van der Waals surface area contributed by atoms with E-state index in [0.29, 0.717) is 11.4 Å². The molecule has 0 fully saturated rings. The Bertz CT molecular complexity index is 659. The van der Waals surface area contributed by atoms with Gasteiger partial charge in [0, 0.05) is 10.2 Å². The van der Waals surface area contributed by atoms with Crippen LogP contribution in [0.25, 0.3) is 5.69 Å². The summed E-state index contributed by atoms with van der Waals surface area (Å²) >= 11 is 3.36. The molecule has 2 aromatic rings. The molecular formula is C11H6BrN5. The summed E-state index contributed by atoms with van der Waals surface area (Å²) in [6.07, 6.45) is 1.44. The molecule has 0 aliphatic heterocycles. The molecule has 6 heteroatoms. The molecule has 1 aromatic heterocycles. The van der Waals surface area contributed by atoms with Crippen molar-refractivity contribution in [3.05, 3.63) is 40.4 Å². The van der Waals surface area contributed by atoms with Crippen LogP contribution in [0, 0.1) is 22.7 Å². The van der Waals surface area contributed by atoms with Crippen molar-refractivity contribution in [2.75, 3.05) is 5.73 Å². The van der Waals surface area contributed by atoms with E-state index in [4.69, 9.17) is 16.3 Å². The van der Waals surface area contributed by atoms with Gasteiger partial charge in [0.25, 0.3) is 0 Å². The Kier molecular flexibility index (Phi) is 2.82. The molecular weight excluding hydrogens is 282 g/mol. The van der Waals surface area contributed by atoms with Gasteiger partial charge in [0.2, 0.25) is 0 Å². The molecule has 0 saturated carbocycles. The van der Waals surface area contributed by atoms with Crippen LogP contribution in [-0.4, -0.2) is 9.55 Å². The maximum Gasteiger partial charge on any atom is 0.177 e. The van der Waals surface area contributed by atoms with Crippen LogP contribution in [0.2, 0.25) is 0 Å². The van der Waals surface area contributed by atoms with Crippen LogP contribution >= 0.6 is 15.9 Å². The second kappa shape index (κ2) is 4.28. The third-order valence-electron chi connectivity index (χ3n) is 2.21. The Morgan fingerprint density at radius 1 is 1.29 bits per heavy atom. The van der Waals surface area contributed by atoms with Crippen LogP contribution < -0.4 is 5.73 Å². The minimum absolute atomic E-state index is 0.108. The fourth-order valence-corrected chi connectivity index (χ4v) is 2.03. The third kappa shape index (κ3) is 1.86. The van der Waals surface area contributed by atoms with Gasteiger partial charge >= 0.3 is 0 Å². The molecule has 0 atom stereocenters. The molecule has 0 saturated heterocycles. The van der Waals surface area contributed by atoms with E-state index in [1.165, 1.54) is 6.33 Å². The van der Waals surface area contributed by atoms with Crippen LogP contribution in [0.3, 0.4) is 0 Å². The number of rotatable bonds is 1. The second-order valence-corrected chi connectivity index (χ2v) is 4.10. The molecule has 0 aliphatic rings. The summed E-state index contributed by atoms with van der Waals surface area (Å²) in [4.78, 5) is 3.87. The summed E-state index contributed by atoms with van der Waals surface area (Å²) in [5.74, 6) is 0. The zero-order valence-electron chi connectivity index (χ0n) is 8.55. The normalized spacial score (nSPS) is 9.59. The van der Waals surface area contributed by atoms with Crippen LogP contribution in [-0.2, 0) is 0 Å². The molecule has 2 rings (SSSR count). The summed E-state index contributed by atoms with van der Waals surface area (Å²) in [6.45, 7) is 0. The largest absolute Gasteiger partial charge is 0.399 e. The van der Waals surface area contributed by atoms with E-state index >= 15 is 0 Å². The Labute approximate surface area is 106 Å². The Balaban J connectivity index is 2.66. The summed E-state index contributed by atoms with van der Waals surface area (Å²) in [7, 11) is 0. The van der Waals surface area contributed by atoms with E-state index in [9.17, 15) is 0 Å². The van der Waals surface area contributed by atoms with E-state index in [2.05, 4.69) is 20.9 Å². The minimum atomic E-state index is 0.108.